The molecule has 2 atom stereocenters. The van der Waals surface area contributed by atoms with Crippen molar-refractivity contribution in [1.82, 2.24) is 9.47 Å². The number of pyridine rings is 1. The molecule has 5 nitrogen and oxygen atoms in total. The summed E-state index contributed by atoms with van der Waals surface area (Å²) >= 11 is 6.74. The molecule has 112 valence electrons. The van der Waals surface area contributed by atoms with Crippen molar-refractivity contribution in [3.63, 3.8) is 0 Å². The van der Waals surface area contributed by atoms with Gasteiger partial charge in [-0.25, -0.2) is 0 Å². The summed E-state index contributed by atoms with van der Waals surface area (Å²) in [5.74, 6) is 0.638. The Bertz CT molecular complexity index is 643. The number of likely N-dealkylation sites (tertiary alicyclic amines) is 1. The van der Waals surface area contributed by atoms with E-state index in [1.165, 1.54) is 11.8 Å². The molecule has 7 heteroatoms. The third-order valence-corrected chi connectivity index (χ3v) is 5.62. The van der Waals surface area contributed by atoms with Crippen molar-refractivity contribution >= 4 is 34.2 Å². The van der Waals surface area contributed by atoms with Gasteiger partial charge in [0.05, 0.1) is 5.75 Å². The van der Waals surface area contributed by atoms with Gasteiger partial charge in [0.2, 0.25) is 5.91 Å². The lowest BCUT2D eigenvalue weighted by Crippen LogP contribution is -2.48. The van der Waals surface area contributed by atoms with Gasteiger partial charge in [-0.2, -0.15) is 0 Å². The zero-order valence-corrected chi connectivity index (χ0v) is 13.2. The highest BCUT2D eigenvalue weighted by atomic mass is 32.2. The highest BCUT2D eigenvalue weighted by Gasteiger charge is 2.35. The predicted molar refractivity (Wildman–Crippen MR) is 87.4 cm³/mol. The quantitative estimate of drug-likeness (QED) is 0.814. The lowest BCUT2D eigenvalue weighted by atomic mass is 9.83. The van der Waals surface area contributed by atoms with Crippen molar-refractivity contribution in [2.45, 2.75) is 18.9 Å². The zero-order valence-electron chi connectivity index (χ0n) is 11.5. The van der Waals surface area contributed by atoms with Gasteiger partial charge in [-0.1, -0.05) is 30.0 Å². The Morgan fingerprint density at radius 2 is 2.19 bits per heavy atom. The molecule has 0 saturated carbocycles. The van der Waals surface area contributed by atoms with E-state index in [-0.39, 0.29) is 17.2 Å². The van der Waals surface area contributed by atoms with Crippen LogP contribution in [0.4, 0.5) is 0 Å². The second-order valence-corrected chi connectivity index (χ2v) is 7.23. The number of hydrogen-bond acceptors (Lipinski definition) is 4. The Morgan fingerprint density at radius 1 is 1.38 bits per heavy atom. The smallest absolute Gasteiger partial charge is 0.250 e. The van der Waals surface area contributed by atoms with Crippen molar-refractivity contribution in [2.75, 3.05) is 18.8 Å². The summed E-state index contributed by atoms with van der Waals surface area (Å²) in [6.45, 7) is 2.41. The SMILES string of the molecule is NC(=O)CSC(=S)N1CC2CC(C1)c1cccc(=O)n1C2. The fraction of sp³-hybridized carbons (Fsp3) is 0.500. The first-order valence-corrected chi connectivity index (χ1v) is 8.33. The van der Waals surface area contributed by atoms with E-state index in [2.05, 4.69) is 4.90 Å². The topological polar surface area (TPSA) is 68.3 Å². The molecule has 0 aliphatic carbocycles. The van der Waals surface area contributed by atoms with Gasteiger partial charge >= 0.3 is 0 Å². The summed E-state index contributed by atoms with van der Waals surface area (Å²) in [5.41, 5.74) is 6.35. The van der Waals surface area contributed by atoms with Gasteiger partial charge in [-0.15, -0.1) is 0 Å². The number of thiocarbonyl (C=S) groups is 1. The molecule has 1 saturated heterocycles. The van der Waals surface area contributed by atoms with Crippen molar-refractivity contribution in [1.29, 1.82) is 0 Å². The highest BCUT2D eigenvalue weighted by molar-refractivity contribution is 8.23. The first-order valence-electron chi connectivity index (χ1n) is 6.94. The van der Waals surface area contributed by atoms with E-state index in [1.807, 2.05) is 16.7 Å². The maximum atomic E-state index is 12.0. The number of nitrogens with zero attached hydrogens (tertiary/aromatic N) is 2. The molecule has 0 aromatic carbocycles. The second-order valence-electron chi connectivity index (χ2n) is 5.62. The molecule has 1 aromatic heterocycles. The van der Waals surface area contributed by atoms with Crippen molar-refractivity contribution in [3.8, 4) is 0 Å². The summed E-state index contributed by atoms with van der Waals surface area (Å²) in [4.78, 5) is 25.0. The number of thioether (sulfide) groups is 1. The summed E-state index contributed by atoms with van der Waals surface area (Å²) < 4.78 is 2.63. The maximum Gasteiger partial charge on any atom is 0.250 e. The molecule has 2 aliphatic rings. The Balaban J connectivity index is 1.77. The van der Waals surface area contributed by atoms with E-state index in [1.54, 1.807) is 6.07 Å². The molecule has 2 unspecified atom stereocenters. The third-order valence-electron chi connectivity index (χ3n) is 4.08. The van der Waals surface area contributed by atoms with Crippen LogP contribution in [0.3, 0.4) is 0 Å². The van der Waals surface area contributed by atoms with Gasteiger partial charge in [0.1, 0.15) is 4.32 Å². The van der Waals surface area contributed by atoms with Crippen molar-refractivity contribution in [2.24, 2.45) is 11.7 Å². The minimum Gasteiger partial charge on any atom is -0.369 e. The molecular formula is C14H17N3O2S2. The lowest BCUT2D eigenvalue weighted by Gasteiger charge is -2.43. The van der Waals surface area contributed by atoms with Crippen molar-refractivity contribution < 1.29 is 4.79 Å². The number of carbonyl (C=O) groups is 1. The normalized spacial score (nSPS) is 23.5. The second kappa shape index (κ2) is 5.81. The zero-order chi connectivity index (χ0) is 15.0. The number of rotatable bonds is 2. The minimum absolute atomic E-state index is 0.0846. The average molecular weight is 323 g/mol. The predicted octanol–water partition coefficient (Wildman–Crippen LogP) is 0.771. The van der Waals surface area contributed by atoms with Gasteiger partial charge < -0.3 is 15.2 Å². The maximum absolute atomic E-state index is 12.0. The Hall–Kier alpha value is -1.34. The number of carbonyl (C=O) groups excluding carboxylic acids is 1. The lowest BCUT2D eigenvalue weighted by molar-refractivity contribution is -0.115. The number of aromatic nitrogens is 1. The molecular weight excluding hydrogens is 306 g/mol. The van der Waals surface area contributed by atoms with Gasteiger partial charge in [0, 0.05) is 37.3 Å². The number of amides is 1. The number of nitrogens with two attached hydrogens (primary N) is 1. The minimum atomic E-state index is -0.351. The number of primary amides is 1. The monoisotopic (exact) mass is 323 g/mol. The Labute approximate surface area is 132 Å². The van der Waals surface area contributed by atoms with Crippen LogP contribution in [0.1, 0.15) is 18.0 Å². The van der Waals surface area contributed by atoms with Gasteiger partial charge in [-0.05, 0) is 18.4 Å². The molecule has 2 aliphatic heterocycles. The standard InChI is InChI=1S/C14H17N3O2S2/c15-12(18)8-21-14(20)16-5-9-4-10(7-16)11-2-1-3-13(19)17(11)6-9/h1-3,9-10H,4-8H2,(H2,15,18). The van der Waals surface area contributed by atoms with Crippen LogP contribution in [-0.4, -0.2) is 38.5 Å². The van der Waals surface area contributed by atoms with Crippen LogP contribution in [0.5, 0.6) is 0 Å². The van der Waals surface area contributed by atoms with E-state index in [4.69, 9.17) is 18.0 Å². The summed E-state index contributed by atoms with van der Waals surface area (Å²) in [7, 11) is 0. The number of piperidine rings is 1. The molecule has 0 spiro atoms. The van der Waals surface area contributed by atoms with Crippen LogP contribution in [0, 0.1) is 5.92 Å². The summed E-state index contributed by atoms with van der Waals surface area (Å²) in [6.07, 6.45) is 1.10. The van der Waals surface area contributed by atoms with Crippen LogP contribution in [-0.2, 0) is 11.3 Å². The van der Waals surface area contributed by atoms with Gasteiger partial charge in [-0.3, -0.25) is 9.59 Å². The molecule has 3 rings (SSSR count). The summed E-state index contributed by atoms with van der Waals surface area (Å²) in [5, 5.41) is 0. The van der Waals surface area contributed by atoms with Crippen LogP contribution in [0.2, 0.25) is 0 Å². The van der Waals surface area contributed by atoms with Crippen LogP contribution >= 0.6 is 24.0 Å². The van der Waals surface area contributed by atoms with E-state index < -0.39 is 0 Å². The number of hydrogen-bond donors (Lipinski definition) is 1. The van der Waals surface area contributed by atoms with Gasteiger partial charge in [0.15, 0.2) is 0 Å². The van der Waals surface area contributed by atoms with Crippen LogP contribution in [0.25, 0.3) is 0 Å². The first kappa shape index (κ1) is 14.6. The van der Waals surface area contributed by atoms with Crippen LogP contribution < -0.4 is 11.3 Å². The van der Waals surface area contributed by atoms with Crippen molar-refractivity contribution in [3.05, 3.63) is 34.2 Å². The molecule has 1 amide bonds. The third kappa shape index (κ3) is 2.98. The number of fused-ring (bicyclic) bond motifs is 4. The van der Waals surface area contributed by atoms with E-state index in [9.17, 15) is 9.59 Å². The molecule has 0 radical (unpaired) electrons. The Kier molecular flexibility index (Phi) is 4.03. The molecule has 2 bridgehead atoms. The fourth-order valence-corrected chi connectivity index (χ4v) is 4.19. The largest absolute Gasteiger partial charge is 0.369 e. The highest BCUT2D eigenvalue weighted by Crippen LogP contribution is 2.35. The molecule has 1 fully saturated rings. The molecule has 1 aromatic rings. The van der Waals surface area contributed by atoms with E-state index >= 15 is 0 Å². The van der Waals surface area contributed by atoms with E-state index in [0.29, 0.717) is 11.8 Å². The van der Waals surface area contributed by atoms with Gasteiger partial charge in [0.25, 0.3) is 5.56 Å². The van der Waals surface area contributed by atoms with Crippen LogP contribution in [0.15, 0.2) is 23.0 Å². The molecule has 3 heterocycles. The first-order chi connectivity index (χ1) is 10.0. The van der Waals surface area contributed by atoms with E-state index in [0.717, 1.165) is 36.1 Å². The molecule has 2 N–H and O–H groups in total. The fourth-order valence-electron chi connectivity index (χ4n) is 3.27. The average Bonchev–Trinajstić information content (AvgIpc) is 2.45. The molecule has 21 heavy (non-hydrogen) atoms. The summed E-state index contributed by atoms with van der Waals surface area (Å²) in [6, 6.07) is 5.48. The Morgan fingerprint density at radius 3 is 2.95 bits per heavy atom.